The van der Waals surface area contributed by atoms with Crippen LogP contribution in [0, 0.1) is 6.92 Å². The summed E-state index contributed by atoms with van der Waals surface area (Å²) in [5.74, 6) is 1.63. The molecule has 0 saturated heterocycles. The Kier molecular flexibility index (Phi) is 8.02. The van der Waals surface area contributed by atoms with Crippen molar-refractivity contribution >= 4 is 5.97 Å². The molecule has 0 fully saturated rings. The molecule has 8 heteroatoms. The number of ether oxygens (including phenoxy) is 2. The summed E-state index contributed by atoms with van der Waals surface area (Å²) in [4.78, 5) is 15.7. The number of benzene rings is 3. The van der Waals surface area contributed by atoms with Gasteiger partial charge in [-0.1, -0.05) is 60.7 Å². The van der Waals surface area contributed by atoms with Crippen LogP contribution in [-0.4, -0.2) is 25.8 Å². The third kappa shape index (κ3) is 6.93. The van der Waals surface area contributed by atoms with Crippen molar-refractivity contribution in [2.45, 2.75) is 39.5 Å². The normalized spacial score (nSPS) is 10.9. The monoisotopic (exact) mass is 523 g/mol. The van der Waals surface area contributed by atoms with E-state index in [1.165, 1.54) is 0 Å². The van der Waals surface area contributed by atoms with Gasteiger partial charge in [-0.3, -0.25) is 9.48 Å². The molecule has 2 heterocycles. The summed E-state index contributed by atoms with van der Waals surface area (Å²) in [5.41, 5.74) is 4.49. The van der Waals surface area contributed by atoms with Gasteiger partial charge in [-0.2, -0.15) is 0 Å². The van der Waals surface area contributed by atoms with Crippen LogP contribution < -0.4 is 9.47 Å². The number of aliphatic carboxylic acids is 1. The van der Waals surface area contributed by atoms with E-state index in [2.05, 4.69) is 10.1 Å². The summed E-state index contributed by atoms with van der Waals surface area (Å²) >= 11 is 0. The molecule has 0 unspecified atom stereocenters. The minimum Gasteiger partial charge on any atom is -0.487 e. The summed E-state index contributed by atoms with van der Waals surface area (Å²) in [6, 6.07) is 27.3. The summed E-state index contributed by atoms with van der Waals surface area (Å²) in [5, 5.41) is 13.7. The standard InChI is InChI=1S/C31H29N3O5/c1-22-28(32-30(39-22)25-10-6-3-7-11-25)21-37-27-15-12-23(13-16-27)18-34-19-26(14-17-29(35)36)31(33-34)38-20-24-8-4-2-5-9-24/h2-13,15-16,19H,14,17-18,20-21H2,1H3,(H,35,36). The van der Waals surface area contributed by atoms with Gasteiger partial charge < -0.3 is 19.0 Å². The fourth-order valence-corrected chi connectivity index (χ4v) is 4.08. The van der Waals surface area contributed by atoms with E-state index in [1.807, 2.05) is 98.0 Å². The molecule has 0 saturated carbocycles. The van der Waals surface area contributed by atoms with Crippen LogP contribution in [0.3, 0.4) is 0 Å². The maximum atomic E-state index is 11.1. The molecular weight excluding hydrogens is 494 g/mol. The topological polar surface area (TPSA) is 99.6 Å². The van der Waals surface area contributed by atoms with E-state index < -0.39 is 5.97 Å². The number of hydrogen-bond donors (Lipinski definition) is 1. The lowest BCUT2D eigenvalue weighted by Crippen LogP contribution is -2.02. The summed E-state index contributed by atoms with van der Waals surface area (Å²) in [6.07, 6.45) is 2.21. The van der Waals surface area contributed by atoms with Gasteiger partial charge in [0.1, 0.15) is 30.4 Å². The smallest absolute Gasteiger partial charge is 0.303 e. The van der Waals surface area contributed by atoms with Gasteiger partial charge in [0.05, 0.1) is 6.54 Å². The second-order valence-corrected chi connectivity index (χ2v) is 9.15. The first kappa shape index (κ1) is 25.8. The number of oxazole rings is 1. The van der Waals surface area contributed by atoms with Gasteiger partial charge in [-0.25, -0.2) is 4.98 Å². The molecule has 2 aromatic heterocycles. The van der Waals surface area contributed by atoms with Crippen molar-refractivity contribution in [3.63, 3.8) is 0 Å². The number of rotatable bonds is 12. The van der Waals surface area contributed by atoms with Crippen molar-refractivity contribution in [3.8, 4) is 23.1 Å². The molecule has 0 bridgehead atoms. The van der Waals surface area contributed by atoms with Crippen LogP contribution in [0.1, 0.15) is 34.6 Å². The first-order valence-corrected chi connectivity index (χ1v) is 12.7. The van der Waals surface area contributed by atoms with Crippen molar-refractivity contribution in [2.75, 3.05) is 0 Å². The number of carboxylic acids is 1. The molecule has 3 aromatic carbocycles. The minimum atomic E-state index is -0.857. The zero-order valence-electron chi connectivity index (χ0n) is 21.6. The number of nitrogens with zero attached hydrogens (tertiary/aromatic N) is 3. The molecule has 0 amide bonds. The molecule has 39 heavy (non-hydrogen) atoms. The highest BCUT2D eigenvalue weighted by atomic mass is 16.5. The first-order chi connectivity index (χ1) is 19.0. The molecule has 5 rings (SSSR count). The zero-order valence-corrected chi connectivity index (χ0v) is 21.6. The maximum absolute atomic E-state index is 11.1. The molecule has 0 aliphatic rings. The zero-order chi connectivity index (χ0) is 27.0. The SMILES string of the molecule is Cc1oc(-c2ccccc2)nc1COc1ccc(Cn2cc(CCC(=O)O)c(OCc3ccccc3)n2)cc1. The Morgan fingerprint density at radius 1 is 0.897 bits per heavy atom. The first-order valence-electron chi connectivity index (χ1n) is 12.7. The number of hydrogen-bond acceptors (Lipinski definition) is 6. The molecule has 0 aliphatic heterocycles. The van der Waals surface area contributed by atoms with Gasteiger partial charge >= 0.3 is 5.97 Å². The van der Waals surface area contributed by atoms with Crippen LogP contribution in [0.2, 0.25) is 0 Å². The molecule has 0 atom stereocenters. The van der Waals surface area contributed by atoms with Crippen LogP contribution in [0.5, 0.6) is 11.6 Å². The van der Waals surface area contributed by atoms with Gasteiger partial charge in [0.25, 0.3) is 0 Å². The van der Waals surface area contributed by atoms with E-state index in [0.717, 1.165) is 39.5 Å². The highest BCUT2D eigenvalue weighted by Gasteiger charge is 2.14. The highest BCUT2D eigenvalue weighted by Crippen LogP contribution is 2.24. The predicted octanol–water partition coefficient (Wildman–Crippen LogP) is 6.07. The Hall–Kier alpha value is -4.85. The number of aryl methyl sites for hydroxylation is 2. The van der Waals surface area contributed by atoms with Gasteiger partial charge in [-0.15, -0.1) is 5.10 Å². The summed E-state index contributed by atoms with van der Waals surface area (Å²) in [7, 11) is 0. The summed E-state index contributed by atoms with van der Waals surface area (Å²) < 4.78 is 19.5. The van der Waals surface area contributed by atoms with E-state index in [4.69, 9.17) is 19.0 Å². The van der Waals surface area contributed by atoms with Gasteiger partial charge in [0.15, 0.2) is 0 Å². The third-order valence-corrected chi connectivity index (χ3v) is 6.18. The van der Waals surface area contributed by atoms with E-state index in [-0.39, 0.29) is 6.42 Å². The highest BCUT2D eigenvalue weighted by molar-refractivity contribution is 5.67. The lowest BCUT2D eigenvalue weighted by molar-refractivity contribution is -0.136. The van der Waals surface area contributed by atoms with Crippen molar-refractivity contribution in [3.05, 3.63) is 119 Å². The van der Waals surface area contributed by atoms with Crippen LogP contribution in [0.25, 0.3) is 11.5 Å². The Morgan fingerprint density at radius 3 is 2.33 bits per heavy atom. The number of carboxylic acid groups (broad SMARTS) is 1. The van der Waals surface area contributed by atoms with Gasteiger partial charge in [0, 0.05) is 23.7 Å². The summed E-state index contributed by atoms with van der Waals surface area (Å²) in [6.45, 7) is 3.06. The average Bonchev–Trinajstić information content (AvgIpc) is 3.53. The van der Waals surface area contributed by atoms with E-state index in [0.29, 0.717) is 38.0 Å². The van der Waals surface area contributed by atoms with Crippen LogP contribution in [0.4, 0.5) is 0 Å². The molecule has 0 radical (unpaired) electrons. The molecule has 5 aromatic rings. The van der Waals surface area contributed by atoms with Crippen molar-refractivity contribution in [2.24, 2.45) is 0 Å². The molecule has 0 aliphatic carbocycles. The predicted molar refractivity (Wildman–Crippen MR) is 146 cm³/mol. The van der Waals surface area contributed by atoms with E-state index in [1.54, 1.807) is 4.68 Å². The second-order valence-electron chi connectivity index (χ2n) is 9.15. The second kappa shape index (κ2) is 12.1. The Morgan fingerprint density at radius 2 is 1.62 bits per heavy atom. The van der Waals surface area contributed by atoms with E-state index in [9.17, 15) is 4.79 Å². The Balaban J connectivity index is 1.21. The number of aromatic nitrogens is 3. The average molecular weight is 524 g/mol. The molecule has 0 spiro atoms. The van der Waals surface area contributed by atoms with E-state index >= 15 is 0 Å². The lowest BCUT2D eigenvalue weighted by atomic mass is 10.2. The van der Waals surface area contributed by atoms with Crippen molar-refractivity contribution in [1.29, 1.82) is 0 Å². The molecule has 198 valence electrons. The maximum Gasteiger partial charge on any atom is 0.303 e. The molecular formula is C31H29N3O5. The van der Waals surface area contributed by atoms with Crippen LogP contribution in [-0.2, 0) is 31.0 Å². The minimum absolute atomic E-state index is 0.0112. The van der Waals surface area contributed by atoms with Crippen LogP contribution in [0.15, 0.2) is 95.5 Å². The molecule has 8 nitrogen and oxygen atoms in total. The Bertz CT molecular complexity index is 1510. The largest absolute Gasteiger partial charge is 0.487 e. The number of carbonyl (C=O) groups is 1. The fourth-order valence-electron chi connectivity index (χ4n) is 4.08. The third-order valence-electron chi connectivity index (χ3n) is 6.18. The van der Waals surface area contributed by atoms with Crippen molar-refractivity contribution < 1.29 is 23.8 Å². The molecule has 1 N–H and O–H groups in total. The van der Waals surface area contributed by atoms with Gasteiger partial charge in [0.2, 0.25) is 11.8 Å². The van der Waals surface area contributed by atoms with Crippen LogP contribution >= 0.6 is 0 Å². The lowest BCUT2D eigenvalue weighted by Gasteiger charge is -2.07. The van der Waals surface area contributed by atoms with Gasteiger partial charge in [-0.05, 0) is 48.7 Å². The quantitative estimate of drug-likeness (QED) is 0.212. The fraction of sp³-hybridized carbons (Fsp3) is 0.194. The van der Waals surface area contributed by atoms with Crippen molar-refractivity contribution in [1.82, 2.24) is 14.8 Å². The Labute approximate surface area is 226 Å².